The topological polar surface area (TPSA) is 98.1 Å². The van der Waals surface area contributed by atoms with Crippen molar-refractivity contribution < 1.29 is 14.3 Å². The van der Waals surface area contributed by atoms with E-state index in [0.717, 1.165) is 83.4 Å². The molecule has 0 spiro atoms. The first-order chi connectivity index (χ1) is 18.0. The summed E-state index contributed by atoms with van der Waals surface area (Å²) in [4.78, 5) is 30.3. The summed E-state index contributed by atoms with van der Waals surface area (Å²) in [5.74, 6) is 0.974. The van der Waals surface area contributed by atoms with Crippen molar-refractivity contribution in [2.24, 2.45) is 0 Å². The molecule has 37 heavy (non-hydrogen) atoms. The molecule has 0 aliphatic carbocycles. The van der Waals surface area contributed by atoms with Gasteiger partial charge in [-0.2, -0.15) is 15.2 Å². The second-order valence-corrected chi connectivity index (χ2v) is 9.35. The second kappa shape index (κ2) is 16.9. The molecule has 0 unspecified atom stereocenters. The average Bonchev–Trinajstić information content (AvgIpc) is 2.91. The molecule has 0 bridgehead atoms. The monoisotopic (exact) mass is 515 g/mol. The zero-order chi connectivity index (χ0) is 27.0. The normalized spacial score (nSPS) is 17.8. The Morgan fingerprint density at radius 1 is 1.14 bits per heavy atom. The summed E-state index contributed by atoms with van der Waals surface area (Å²) in [5, 5.41) is 7.32. The van der Waals surface area contributed by atoms with Gasteiger partial charge < -0.3 is 24.2 Å². The van der Waals surface area contributed by atoms with Crippen LogP contribution in [0.5, 0.6) is 6.01 Å². The Labute approximate surface area is 222 Å². The van der Waals surface area contributed by atoms with E-state index in [4.69, 9.17) is 24.7 Å². The highest BCUT2D eigenvalue weighted by Gasteiger charge is 2.27. The summed E-state index contributed by atoms with van der Waals surface area (Å²) in [6.45, 7) is 19.2. The van der Waals surface area contributed by atoms with Crippen LogP contribution in [0.4, 0.5) is 5.82 Å². The molecule has 1 amide bonds. The molecule has 10 heteroatoms. The first kappa shape index (κ1) is 30.5. The zero-order valence-corrected chi connectivity index (χ0v) is 23.2. The van der Waals surface area contributed by atoms with E-state index in [1.165, 1.54) is 25.0 Å². The first-order valence-corrected chi connectivity index (χ1v) is 13.5. The number of amides is 1. The smallest absolute Gasteiger partial charge is 0.318 e. The van der Waals surface area contributed by atoms with E-state index >= 15 is 0 Å². The van der Waals surface area contributed by atoms with Crippen LogP contribution < -0.4 is 9.64 Å². The molecule has 0 radical (unpaired) electrons. The molecule has 1 aromatic heterocycles. The fourth-order valence-corrected chi connectivity index (χ4v) is 4.39. The first-order valence-electron chi connectivity index (χ1n) is 13.5. The predicted octanol–water partition coefficient (Wildman–Crippen LogP) is 2.35. The van der Waals surface area contributed by atoms with Gasteiger partial charge in [0.1, 0.15) is 5.82 Å². The lowest BCUT2D eigenvalue weighted by molar-refractivity contribution is -0.126. The number of rotatable bonds is 7. The molecular formula is C27H45N7O3. The summed E-state index contributed by atoms with van der Waals surface area (Å²) < 4.78 is 11.4. The van der Waals surface area contributed by atoms with Gasteiger partial charge in [-0.25, -0.2) is 0 Å². The fraction of sp³-hybridized carbons (Fsp3) is 0.704. The van der Waals surface area contributed by atoms with Gasteiger partial charge >= 0.3 is 6.01 Å². The molecule has 2 fully saturated rings. The lowest BCUT2D eigenvalue weighted by Crippen LogP contribution is -2.49. The fourth-order valence-electron chi connectivity index (χ4n) is 4.39. The molecule has 2 saturated heterocycles. The molecule has 3 aliphatic rings. The Kier molecular flexibility index (Phi) is 13.9. The number of fused-ring (bicyclic) bond motifs is 1. The van der Waals surface area contributed by atoms with Gasteiger partial charge in [-0.3, -0.25) is 9.69 Å². The molecule has 1 aromatic rings. The number of nitrogens with zero attached hydrogens (tertiary/aromatic N) is 7. The van der Waals surface area contributed by atoms with Crippen LogP contribution in [0.15, 0.2) is 12.7 Å². The van der Waals surface area contributed by atoms with Crippen LogP contribution in [-0.2, 0) is 22.5 Å². The highest BCUT2D eigenvalue weighted by atomic mass is 16.5. The Hall–Kier alpha value is -2.74. The quantitative estimate of drug-likeness (QED) is 0.400. The minimum absolute atomic E-state index is 0.00437. The number of hydrogen-bond acceptors (Lipinski definition) is 9. The molecular weight excluding hydrogens is 470 g/mol. The van der Waals surface area contributed by atoms with Gasteiger partial charge in [-0.1, -0.05) is 26.8 Å². The van der Waals surface area contributed by atoms with Crippen molar-refractivity contribution in [2.75, 3.05) is 84.1 Å². The molecule has 4 rings (SSSR count). The van der Waals surface area contributed by atoms with Crippen molar-refractivity contribution in [1.29, 1.82) is 5.26 Å². The van der Waals surface area contributed by atoms with Gasteiger partial charge in [0.25, 0.3) is 0 Å². The van der Waals surface area contributed by atoms with Gasteiger partial charge in [0.15, 0.2) is 0 Å². The Balaban J connectivity index is 0.000000733. The van der Waals surface area contributed by atoms with Crippen molar-refractivity contribution in [3.63, 3.8) is 0 Å². The van der Waals surface area contributed by atoms with E-state index in [1.54, 1.807) is 6.07 Å². The standard InChI is InChI=1S/C22H34N6O3.C3H8.C2H3N/c1-3-20(29)27-8-10-28(11-9-27)21-18-5-7-25(2)17-19(18)23-22(24-21)31-14-4-6-26-12-15-30-16-13-26;1-3-2;1-2-3/h3H,1,4-17H2,2H3;3H2,1-2H3;1H3. The van der Waals surface area contributed by atoms with E-state index < -0.39 is 0 Å². The SMILES string of the molecule is C=CC(=O)N1CCN(c2nc(OCCCN3CCOCC3)nc3c2CCN(C)C3)CC1.CC#N.CCC. The molecule has 10 nitrogen and oxygen atoms in total. The minimum atomic E-state index is -0.00437. The number of ether oxygens (including phenoxy) is 2. The number of piperazine rings is 1. The van der Waals surface area contributed by atoms with Crippen molar-refractivity contribution in [2.45, 2.75) is 46.6 Å². The molecule has 0 atom stereocenters. The van der Waals surface area contributed by atoms with Gasteiger partial charge in [-0.05, 0) is 26.0 Å². The number of likely N-dealkylation sites (N-methyl/N-ethyl adjacent to an activating group) is 1. The minimum Gasteiger partial charge on any atom is -0.463 e. The maximum atomic E-state index is 11.9. The lowest BCUT2D eigenvalue weighted by atomic mass is 10.1. The number of morpholine rings is 1. The summed E-state index contributed by atoms with van der Waals surface area (Å²) in [6, 6.07) is 2.22. The van der Waals surface area contributed by atoms with Crippen LogP contribution in [0, 0.1) is 11.3 Å². The Morgan fingerprint density at radius 2 is 1.78 bits per heavy atom. The van der Waals surface area contributed by atoms with Crippen LogP contribution >= 0.6 is 0 Å². The molecule has 4 heterocycles. The van der Waals surface area contributed by atoms with Gasteiger partial charge in [-0.15, -0.1) is 0 Å². The van der Waals surface area contributed by atoms with E-state index in [1.807, 2.05) is 4.90 Å². The van der Waals surface area contributed by atoms with Crippen molar-refractivity contribution in [3.05, 3.63) is 23.9 Å². The van der Waals surface area contributed by atoms with E-state index in [-0.39, 0.29) is 5.91 Å². The predicted molar refractivity (Wildman–Crippen MR) is 146 cm³/mol. The van der Waals surface area contributed by atoms with Crippen LogP contribution in [0.2, 0.25) is 0 Å². The number of hydrogen-bond donors (Lipinski definition) is 0. The van der Waals surface area contributed by atoms with Crippen molar-refractivity contribution in [1.82, 2.24) is 24.7 Å². The average molecular weight is 516 g/mol. The maximum absolute atomic E-state index is 11.9. The summed E-state index contributed by atoms with van der Waals surface area (Å²) in [5.41, 5.74) is 2.29. The van der Waals surface area contributed by atoms with Crippen molar-refractivity contribution >= 4 is 11.7 Å². The van der Waals surface area contributed by atoms with Crippen LogP contribution in [-0.4, -0.2) is 110 Å². The van der Waals surface area contributed by atoms with Crippen molar-refractivity contribution in [3.8, 4) is 12.1 Å². The highest BCUT2D eigenvalue weighted by Crippen LogP contribution is 2.29. The number of nitriles is 1. The number of carbonyl (C=O) groups is 1. The van der Waals surface area contributed by atoms with Crippen LogP contribution in [0.3, 0.4) is 0 Å². The van der Waals surface area contributed by atoms with Crippen LogP contribution in [0.25, 0.3) is 0 Å². The van der Waals surface area contributed by atoms with E-state index in [0.29, 0.717) is 25.7 Å². The molecule has 206 valence electrons. The zero-order valence-electron chi connectivity index (χ0n) is 23.2. The summed E-state index contributed by atoms with van der Waals surface area (Å²) in [6.07, 6.45) is 4.52. The van der Waals surface area contributed by atoms with Crippen LogP contribution in [0.1, 0.15) is 44.9 Å². The van der Waals surface area contributed by atoms with E-state index in [9.17, 15) is 4.79 Å². The molecule has 0 aromatic carbocycles. The third-order valence-electron chi connectivity index (χ3n) is 6.23. The number of aromatic nitrogens is 2. The number of carbonyl (C=O) groups excluding carboxylic acids is 1. The Bertz CT molecular complexity index is 875. The lowest BCUT2D eigenvalue weighted by Gasteiger charge is -2.37. The van der Waals surface area contributed by atoms with Gasteiger partial charge in [0.2, 0.25) is 5.91 Å². The third kappa shape index (κ3) is 9.91. The largest absolute Gasteiger partial charge is 0.463 e. The molecule has 0 N–H and O–H groups in total. The summed E-state index contributed by atoms with van der Waals surface area (Å²) >= 11 is 0. The number of anilines is 1. The van der Waals surface area contributed by atoms with Gasteiger partial charge in [0, 0.05) is 71.4 Å². The van der Waals surface area contributed by atoms with E-state index in [2.05, 4.69) is 42.2 Å². The summed E-state index contributed by atoms with van der Waals surface area (Å²) in [7, 11) is 2.12. The third-order valence-corrected chi connectivity index (χ3v) is 6.23. The Morgan fingerprint density at radius 3 is 2.41 bits per heavy atom. The second-order valence-electron chi connectivity index (χ2n) is 9.35. The van der Waals surface area contributed by atoms with Gasteiger partial charge in [0.05, 0.1) is 31.6 Å². The molecule has 0 saturated carbocycles. The maximum Gasteiger partial charge on any atom is 0.318 e. The molecule has 3 aliphatic heterocycles. The highest BCUT2D eigenvalue weighted by molar-refractivity contribution is 5.87.